The van der Waals surface area contributed by atoms with Gasteiger partial charge in [0.15, 0.2) is 12.4 Å². The predicted molar refractivity (Wildman–Crippen MR) is 111 cm³/mol. The Morgan fingerprint density at radius 2 is 1.33 bits per heavy atom. The summed E-state index contributed by atoms with van der Waals surface area (Å²) in [5.74, 6) is 2.66. The zero-order valence-electron chi connectivity index (χ0n) is 17.0. The molecular weight excluding hydrogens is 376 g/mol. The smallest absolute Gasteiger partial charge is 0.318 e. The Morgan fingerprint density at radius 3 is 1.87 bits per heavy atom. The van der Waals surface area contributed by atoms with Crippen molar-refractivity contribution in [2.45, 2.75) is 44.4 Å². The monoisotopic (exact) mass is 402 g/mol. The van der Waals surface area contributed by atoms with Gasteiger partial charge in [-0.2, -0.15) is 0 Å². The molecule has 2 aromatic carbocycles. The Morgan fingerprint density at radius 1 is 0.833 bits per heavy atom. The Labute approximate surface area is 176 Å². The van der Waals surface area contributed by atoms with Crippen molar-refractivity contribution in [2.24, 2.45) is 23.2 Å². The molecule has 154 valence electrons. The van der Waals surface area contributed by atoms with Crippen LogP contribution in [-0.2, 0) is 14.3 Å². The van der Waals surface area contributed by atoms with Crippen molar-refractivity contribution < 1.29 is 19.1 Å². The molecule has 4 fully saturated rings. The van der Waals surface area contributed by atoms with E-state index in [-0.39, 0.29) is 23.8 Å². The fourth-order valence-corrected chi connectivity index (χ4v) is 6.99. The molecule has 0 aromatic heterocycles. The Balaban J connectivity index is 1.23. The van der Waals surface area contributed by atoms with E-state index in [1.165, 1.54) is 19.3 Å². The van der Waals surface area contributed by atoms with Crippen LogP contribution in [0.15, 0.2) is 48.5 Å². The van der Waals surface area contributed by atoms with Gasteiger partial charge in [0.05, 0.1) is 0 Å². The maximum atomic E-state index is 13.3. The normalized spacial score (nSPS) is 30.9. The number of esters is 1. The predicted octanol–water partition coefficient (Wildman–Crippen LogP) is 5.25. The summed E-state index contributed by atoms with van der Waals surface area (Å²) in [7, 11) is 0. The summed E-state index contributed by atoms with van der Waals surface area (Å²) in [6.07, 6.45) is 6.88. The lowest BCUT2D eigenvalue weighted by Crippen LogP contribution is -2.51. The van der Waals surface area contributed by atoms with Crippen LogP contribution in [0.1, 0.15) is 55.6 Å². The van der Waals surface area contributed by atoms with Gasteiger partial charge in [-0.15, -0.1) is 0 Å². The van der Waals surface area contributed by atoms with Gasteiger partial charge < -0.3 is 9.47 Å². The average Bonchev–Trinajstić information content (AvgIpc) is 2.74. The summed E-state index contributed by atoms with van der Waals surface area (Å²) in [6, 6.07) is 15.1. The number of ether oxygens (including phenoxy) is 2. The van der Waals surface area contributed by atoms with Gasteiger partial charge in [-0.25, -0.2) is 0 Å². The molecule has 0 atom stereocenters. The molecule has 4 aliphatic carbocycles. The van der Waals surface area contributed by atoms with Gasteiger partial charge in [0.2, 0.25) is 0 Å². The second kappa shape index (κ2) is 6.69. The Kier molecular flexibility index (Phi) is 4.06. The molecule has 0 unspecified atom stereocenters. The summed E-state index contributed by atoms with van der Waals surface area (Å²) in [5, 5.41) is 0. The van der Waals surface area contributed by atoms with Gasteiger partial charge in [0, 0.05) is 16.5 Å². The number of ketones is 1. The molecule has 0 radical (unpaired) electrons. The second-order valence-electron chi connectivity index (χ2n) is 9.84. The lowest BCUT2D eigenvalue weighted by Gasteiger charge is -2.55. The quantitative estimate of drug-likeness (QED) is 0.655. The van der Waals surface area contributed by atoms with Crippen molar-refractivity contribution in [1.82, 2.24) is 0 Å². The number of rotatable bonds is 4. The summed E-state index contributed by atoms with van der Waals surface area (Å²) >= 11 is 0. The van der Waals surface area contributed by atoms with Crippen LogP contribution in [-0.4, -0.2) is 18.4 Å². The van der Waals surface area contributed by atoms with E-state index >= 15 is 0 Å². The molecule has 0 amide bonds. The first-order valence-corrected chi connectivity index (χ1v) is 11.2. The molecule has 1 heterocycles. The third kappa shape index (κ3) is 2.80. The number of Topliss-reactive ketones (excluding diaryl/α,β-unsaturated/α-hetero) is 1. The fourth-order valence-electron chi connectivity index (χ4n) is 6.99. The molecule has 4 heteroatoms. The minimum atomic E-state index is -0.560. The molecule has 5 aliphatic rings. The van der Waals surface area contributed by atoms with E-state index in [1.807, 2.05) is 48.5 Å². The number of hydrogen-bond acceptors (Lipinski definition) is 4. The SMILES string of the molecule is O=C(OCC(=O)C12CC3CC(CC(C3)C1)C2)C1c2ccccc2Oc2ccccc21. The highest BCUT2D eigenvalue weighted by Gasteiger charge is 2.54. The number of fused-ring (bicyclic) bond motifs is 2. The lowest BCUT2D eigenvalue weighted by atomic mass is 9.48. The van der Waals surface area contributed by atoms with Crippen LogP contribution in [0.3, 0.4) is 0 Å². The maximum Gasteiger partial charge on any atom is 0.318 e. The number of hydrogen-bond donors (Lipinski definition) is 0. The standard InChI is InChI=1S/C26H26O4/c27-23(26-12-16-9-17(13-26)11-18(10-16)14-26)15-29-25(28)24-19-5-1-3-7-21(19)30-22-8-4-2-6-20(22)24/h1-8,16-18,24H,9-15H2. The molecule has 30 heavy (non-hydrogen) atoms. The van der Waals surface area contributed by atoms with E-state index in [9.17, 15) is 9.59 Å². The third-order valence-electron chi connectivity index (χ3n) is 7.89. The van der Waals surface area contributed by atoms with E-state index < -0.39 is 5.92 Å². The zero-order valence-corrected chi connectivity index (χ0v) is 17.0. The molecule has 2 aromatic rings. The van der Waals surface area contributed by atoms with Gasteiger partial charge >= 0.3 is 5.97 Å². The van der Waals surface area contributed by atoms with Crippen LogP contribution in [0.4, 0.5) is 0 Å². The van der Waals surface area contributed by atoms with E-state index in [2.05, 4.69) is 0 Å². The van der Waals surface area contributed by atoms with Crippen molar-refractivity contribution in [3.8, 4) is 11.5 Å². The summed E-state index contributed by atoms with van der Waals surface area (Å²) in [4.78, 5) is 26.5. The van der Waals surface area contributed by atoms with E-state index in [0.29, 0.717) is 29.3 Å². The van der Waals surface area contributed by atoms with E-state index in [0.717, 1.165) is 30.4 Å². The fraction of sp³-hybridized carbons (Fsp3) is 0.462. The van der Waals surface area contributed by atoms with Crippen molar-refractivity contribution in [3.63, 3.8) is 0 Å². The molecule has 0 saturated heterocycles. The number of benzene rings is 2. The summed E-state index contributed by atoms with van der Waals surface area (Å²) < 4.78 is 11.7. The zero-order chi connectivity index (χ0) is 20.3. The molecule has 0 N–H and O–H groups in total. The van der Waals surface area contributed by atoms with Crippen LogP contribution in [0.5, 0.6) is 11.5 Å². The van der Waals surface area contributed by atoms with Crippen molar-refractivity contribution >= 4 is 11.8 Å². The number of carbonyl (C=O) groups is 2. The highest BCUT2D eigenvalue weighted by atomic mass is 16.5. The van der Waals surface area contributed by atoms with Crippen LogP contribution >= 0.6 is 0 Å². The van der Waals surface area contributed by atoms with Crippen molar-refractivity contribution in [1.29, 1.82) is 0 Å². The largest absolute Gasteiger partial charge is 0.457 e. The minimum absolute atomic E-state index is 0.104. The van der Waals surface area contributed by atoms with Gasteiger partial charge in [-0.3, -0.25) is 9.59 Å². The minimum Gasteiger partial charge on any atom is -0.457 e. The van der Waals surface area contributed by atoms with E-state index in [4.69, 9.17) is 9.47 Å². The van der Waals surface area contributed by atoms with Crippen molar-refractivity contribution in [2.75, 3.05) is 6.61 Å². The first kappa shape index (κ1) is 18.2. The first-order chi connectivity index (χ1) is 14.6. The molecule has 4 saturated carbocycles. The summed E-state index contributed by atoms with van der Waals surface area (Å²) in [6.45, 7) is -0.104. The highest BCUT2D eigenvalue weighted by Crippen LogP contribution is 2.60. The van der Waals surface area contributed by atoms with Crippen LogP contribution in [0.2, 0.25) is 0 Å². The molecule has 7 rings (SSSR count). The lowest BCUT2D eigenvalue weighted by molar-refractivity contribution is -0.158. The highest BCUT2D eigenvalue weighted by molar-refractivity contribution is 5.91. The summed E-state index contributed by atoms with van der Waals surface area (Å²) in [5.41, 5.74) is 1.35. The Bertz CT molecular complexity index is 942. The van der Waals surface area contributed by atoms with Gasteiger partial charge in [0.1, 0.15) is 17.4 Å². The van der Waals surface area contributed by atoms with Gasteiger partial charge in [-0.05, 0) is 68.4 Å². The van der Waals surface area contributed by atoms with Crippen molar-refractivity contribution in [3.05, 3.63) is 59.7 Å². The third-order valence-corrected chi connectivity index (χ3v) is 7.89. The van der Waals surface area contributed by atoms with Gasteiger partial charge in [0.25, 0.3) is 0 Å². The van der Waals surface area contributed by atoms with E-state index in [1.54, 1.807) is 0 Å². The van der Waals surface area contributed by atoms with Crippen LogP contribution in [0.25, 0.3) is 0 Å². The Hall–Kier alpha value is -2.62. The topological polar surface area (TPSA) is 52.6 Å². The molecule has 1 aliphatic heterocycles. The van der Waals surface area contributed by atoms with Gasteiger partial charge in [-0.1, -0.05) is 36.4 Å². The maximum absolute atomic E-state index is 13.3. The molecule has 4 nitrogen and oxygen atoms in total. The van der Waals surface area contributed by atoms with Crippen LogP contribution < -0.4 is 4.74 Å². The number of para-hydroxylation sites is 2. The van der Waals surface area contributed by atoms with Crippen LogP contribution in [0, 0.1) is 23.2 Å². The molecular formula is C26H26O4. The second-order valence-corrected chi connectivity index (χ2v) is 9.84. The number of carbonyl (C=O) groups excluding carboxylic acids is 2. The molecule has 0 spiro atoms. The molecule has 4 bridgehead atoms. The first-order valence-electron chi connectivity index (χ1n) is 11.2. The average molecular weight is 402 g/mol.